The van der Waals surface area contributed by atoms with E-state index in [1.807, 2.05) is 0 Å². The molecule has 0 aliphatic rings. The second-order valence-corrected chi connectivity index (χ2v) is 6.16. The lowest BCUT2D eigenvalue weighted by Gasteiger charge is -2.11. The van der Waals surface area contributed by atoms with Gasteiger partial charge in [0.15, 0.2) is 0 Å². The van der Waals surface area contributed by atoms with Gasteiger partial charge in [-0.3, -0.25) is 10.1 Å². The van der Waals surface area contributed by atoms with Crippen molar-refractivity contribution in [3.05, 3.63) is 59.4 Å². The highest BCUT2D eigenvalue weighted by molar-refractivity contribution is 7.92. The number of hydrogen-bond acceptors (Lipinski definition) is 3. The first-order chi connectivity index (χ1) is 9.79. The number of anilines is 1. The van der Waals surface area contributed by atoms with E-state index in [1.54, 1.807) is 19.1 Å². The largest absolute Gasteiger partial charge is 0.384 e. The zero-order valence-corrected chi connectivity index (χ0v) is 12.0. The molecule has 0 heterocycles. The number of aryl methyl sites for hydroxylation is 1. The molecule has 0 saturated heterocycles. The summed E-state index contributed by atoms with van der Waals surface area (Å²) < 4.78 is 40.2. The molecule has 0 radical (unpaired) electrons. The Hall–Kier alpha value is -2.41. The molecular formula is C14H14FN3O2S. The van der Waals surface area contributed by atoms with Crippen LogP contribution in [0, 0.1) is 18.2 Å². The maximum Gasteiger partial charge on any atom is 0.262 e. The van der Waals surface area contributed by atoms with Gasteiger partial charge < -0.3 is 5.73 Å². The Kier molecular flexibility index (Phi) is 3.95. The van der Waals surface area contributed by atoms with Crippen LogP contribution in [0.5, 0.6) is 0 Å². The van der Waals surface area contributed by atoms with E-state index in [9.17, 15) is 12.8 Å². The van der Waals surface area contributed by atoms with E-state index in [4.69, 9.17) is 11.1 Å². The lowest BCUT2D eigenvalue weighted by Crippen LogP contribution is -2.16. The van der Waals surface area contributed by atoms with Crippen LogP contribution >= 0.6 is 0 Å². The summed E-state index contributed by atoms with van der Waals surface area (Å²) >= 11 is 0. The van der Waals surface area contributed by atoms with Gasteiger partial charge in [0.25, 0.3) is 10.0 Å². The minimum absolute atomic E-state index is 0.129. The minimum Gasteiger partial charge on any atom is -0.384 e. The van der Waals surface area contributed by atoms with Crippen molar-refractivity contribution < 1.29 is 12.8 Å². The number of nitrogen functional groups attached to an aromatic ring is 1. The fourth-order valence-electron chi connectivity index (χ4n) is 1.82. The summed E-state index contributed by atoms with van der Waals surface area (Å²) in [5.41, 5.74) is 6.45. The van der Waals surface area contributed by atoms with Crippen molar-refractivity contribution in [2.45, 2.75) is 11.8 Å². The van der Waals surface area contributed by atoms with E-state index in [1.165, 1.54) is 24.3 Å². The molecule has 2 aromatic rings. The normalized spacial score (nSPS) is 11.1. The van der Waals surface area contributed by atoms with E-state index in [-0.39, 0.29) is 16.4 Å². The molecule has 0 unspecified atom stereocenters. The highest BCUT2D eigenvalue weighted by Crippen LogP contribution is 2.20. The van der Waals surface area contributed by atoms with Gasteiger partial charge in [-0.25, -0.2) is 12.8 Å². The average Bonchev–Trinajstić information content (AvgIpc) is 2.41. The van der Waals surface area contributed by atoms with Gasteiger partial charge in [0.05, 0.1) is 4.90 Å². The van der Waals surface area contributed by atoms with Crippen LogP contribution in [0.4, 0.5) is 10.1 Å². The third-order valence-corrected chi connectivity index (χ3v) is 4.39. The molecule has 0 aliphatic heterocycles. The van der Waals surface area contributed by atoms with Crippen molar-refractivity contribution in [2.24, 2.45) is 5.73 Å². The van der Waals surface area contributed by atoms with Gasteiger partial charge in [0.2, 0.25) is 0 Å². The molecule has 2 aromatic carbocycles. The Bertz CT molecular complexity index is 804. The Morgan fingerprint density at radius 2 is 1.95 bits per heavy atom. The van der Waals surface area contributed by atoms with Crippen LogP contribution < -0.4 is 10.5 Å². The Morgan fingerprint density at radius 1 is 1.24 bits per heavy atom. The third kappa shape index (κ3) is 3.38. The molecule has 5 nitrogen and oxygen atoms in total. The van der Waals surface area contributed by atoms with E-state index in [0.717, 1.165) is 6.07 Å². The molecule has 0 atom stereocenters. The number of nitrogens with two attached hydrogens (primary N) is 1. The smallest absolute Gasteiger partial charge is 0.262 e. The van der Waals surface area contributed by atoms with E-state index in [0.29, 0.717) is 11.1 Å². The molecule has 0 aromatic heterocycles. The molecule has 0 saturated carbocycles. The summed E-state index contributed by atoms with van der Waals surface area (Å²) in [5.74, 6) is -0.795. The maximum absolute atomic E-state index is 13.2. The molecular weight excluding hydrogens is 293 g/mol. The average molecular weight is 307 g/mol. The number of benzene rings is 2. The standard InChI is InChI=1S/C14H14FN3O2S/c1-9-5-6-11(15)8-13(9)21(19,20)18-12-4-2-3-10(7-12)14(16)17/h2-8,18H,1H3,(H3,16,17). The quantitative estimate of drug-likeness (QED) is 0.597. The van der Waals surface area contributed by atoms with Gasteiger partial charge >= 0.3 is 0 Å². The summed E-state index contributed by atoms with van der Waals surface area (Å²) in [6, 6.07) is 9.70. The predicted molar refractivity (Wildman–Crippen MR) is 79.4 cm³/mol. The number of rotatable bonds is 4. The first kappa shape index (κ1) is 15.0. The predicted octanol–water partition coefficient (Wildman–Crippen LogP) is 2.22. The number of hydrogen-bond donors (Lipinski definition) is 3. The highest BCUT2D eigenvalue weighted by atomic mass is 32.2. The van der Waals surface area contributed by atoms with Gasteiger partial charge in [-0.15, -0.1) is 0 Å². The van der Waals surface area contributed by atoms with Gasteiger partial charge in [0, 0.05) is 11.3 Å². The third-order valence-electron chi connectivity index (χ3n) is 2.87. The van der Waals surface area contributed by atoms with Crippen LogP contribution in [0.2, 0.25) is 0 Å². The summed E-state index contributed by atoms with van der Waals surface area (Å²) in [4.78, 5) is -0.129. The second kappa shape index (κ2) is 5.53. The van der Waals surface area contributed by atoms with Gasteiger partial charge in [-0.05, 0) is 36.8 Å². The van der Waals surface area contributed by atoms with Gasteiger partial charge in [-0.2, -0.15) is 0 Å². The fraction of sp³-hybridized carbons (Fsp3) is 0.0714. The maximum atomic E-state index is 13.2. The summed E-state index contributed by atoms with van der Waals surface area (Å²) in [5, 5.41) is 7.34. The van der Waals surface area contributed by atoms with E-state index >= 15 is 0 Å². The van der Waals surface area contributed by atoms with E-state index < -0.39 is 15.8 Å². The molecule has 2 rings (SSSR count). The molecule has 0 fully saturated rings. The Balaban J connectivity index is 2.40. The van der Waals surface area contributed by atoms with Crippen LogP contribution in [0.25, 0.3) is 0 Å². The molecule has 0 amide bonds. The number of sulfonamides is 1. The number of nitrogens with one attached hydrogen (secondary N) is 2. The van der Waals surface area contributed by atoms with Crippen molar-refractivity contribution in [3.63, 3.8) is 0 Å². The summed E-state index contributed by atoms with van der Waals surface area (Å²) in [6.07, 6.45) is 0. The molecule has 0 spiro atoms. The molecule has 0 aliphatic carbocycles. The van der Waals surface area contributed by atoms with Crippen LogP contribution in [-0.2, 0) is 10.0 Å². The van der Waals surface area contributed by atoms with Crippen molar-refractivity contribution in [2.75, 3.05) is 4.72 Å². The first-order valence-corrected chi connectivity index (χ1v) is 7.51. The minimum atomic E-state index is -3.91. The van der Waals surface area contributed by atoms with Crippen LogP contribution in [0.1, 0.15) is 11.1 Å². The Morgan fingerprint density at radius 3 is 2.62 bits per heavy atom. The summed E-state index contributed by atoms with van der Waals surface area (Å²) in [7, 11) is -3.91. The topological polar surface area (TPSA) is 96.0 Å². The van der Waals surface area contributed by atoms with Crippen LogP contribution in [0.3, 0.4) is 0 Å². The van der Waals surface area contributed by atoms with Crippen molar-refractivity contribution in [1.29, 1.82) is 5.41 Å². The fourth-order valence-corrected chi connectivity index (χ4v) is 3.13. The molecule has 7 heteroatoms. The number of halogens is 1. The highest BCUT2D eigenvalue weighted by Gasteiger charge is 2.18. The number of amidine groups is 1. The van der Waals surface area contributed by atoms with E-state index in [2.05, 4.69) is 4.72 Å². The Labute approximate surface area is 122 Å². The first-order valence-electron chi connectivity index (χ1n) is 6.03. The molecule has 0 bridgehead atoms. The SMILES string of the molecule is Cc1ccc(F)cc1S(=O)(=O)Nc1cccc(C(=N)N)c1. The van der Waals surface area contributed by atoms with Crippen molar-refractivity contribution in [1.82, 2.24) is 0 Å². The summed E-state index contributed by atoms with van der Waals surface area (Å²) in [6.45, 7) is 1.58. The van der Waals surface area contributed by atoms with Gasteiger partial charge in [0.1, 0.15) is 11.7 Å². The monoisotopic (exact) mass is 307 g/mol. The lowest BCUT2D eigenvalue weighted by molar-refractivity contribution is 0.594. The van der Waals surface area contributed by atoms with Gasteiger partial charge in [-0.1, -0.05) is 18.2 Å². The zero-order chi connectivity index (χ0) is 15.6. The molecule has 4 N–H and O–H groups in total. The second-order valence-electron chi connectivity index (χ2n) is 4.51. The van der Waals surface area contributed by atoms with Crippen molar-refractivity contribution >= 4 is 21.5 Å². The lowest BCUT2D eigenvalue weighted by atomic mass is 10.2. The van der Waals surface area contributed by atoms with Crippen LogP contribution in [0.15, 0.2) is 47.4 Å². The van der Waals surface area contributed by atoms with Crippen LogP contribution in [-0.4, -0.2) is 14.3 Å². The molecule has 21 heavy (non-hydrogen) atoms. The molecule has 110 valence electrons. The zero-order valence-electron chi connectivity index (χ0n) is 11.2. The van der Waals surface area contributed by atoms with Crippen molar-refractivity contribution in [3.8, 4) is 0 Å².